The van der Waals surface area contributed by atoms with Crippen LogP contribution >= 0.6 is 12.4 Å². The van der Waals surface area contributed by atoms with E-state index in [-0.39, 0.29) is 42.3 Å². The van der Waals surface area contributed by atoms with Crippen molar-refractivity contribution in [1.29, 1.82) is 0 Å². The smallest absolute Gasteiger partial charge is 0.198 e. The van der Waals surface area contributed by atoms with Crippen molar-refractivity contribution in [2.75, 3.05) is 59.6 Å². The zero-order valence-corrected chi connectivity index (χ0v) is 25.7. The van der Waals surface area contributed by atoms with Gasteiger partial charge in [0.2, 0.25) is 0 Å². The molecule has 220 valence electrons. The monoisotopic (exact) mass is 605 g/mol. The summed E-state index contributed by atoms with van der Waals surface area (Å²) in [7, 11) is -1.88. The average Bonchev–Trinajstić information content (AvgIpc) is 2.91. The van der Waals surface area contributed by atoms with Crippen molar-refractivity contribution in [3.05, 3.63) is 47.5 Å². The number of halogens is 1. The molecule has 39 heavy (non-hydrogen) atoms. The molecule has 1 aliphatic rings. The van der Waals surface area contributed by atoms with Crippen LogP contribution in [0.1, 0.15) is 37.3 Å². The second-order valence-corrected chi connectivity index (χ2v) is 14.2. The summed E-state index contributed by atoms with van der Waals surface area (Å²) in [4.78, 5) is 2.20. The zero-order valence-electron chi connectivity index (χ0n) is 23.3. The molecule has 1 saturated heterocycles. The standard InChI is InChI=1S/C27H39NO8S2.ClH/c1-6-28(16-13-21-9-11-23(33-2)25(19-21)35-4)15-7-14-27(37(29,30)17-8-18-38(27,31)32)22-10-12-24(34-3)26(20-22)36-5;/h9-12,19-20H,6-8,13-18H2,1-5H3;1H. The van der Waals surface area contributed by atoms with E-state index >= 15 is 0 Å². The maximum Gasteiger partial charge on any atom is 0.198 e. The number of nitrogens with zero attached hydrogens (tertiary/aromatic N) is 1. The first-order valence-electron chi connectivity index (χ1n) is 12.7. The largest absolute Gasteiger partial charge is 0.493 e. The van der Waals surface area contributed by atoms with Crippen LogP contribution in [-0.2, 0) is 30.2 Å². The lowest BCUT2D eigenvalue weighted by molar-refractivity contribution is 0.282. The van der Waals surface area contributed by atoms with Crippen LogP contribution in [0.25, 0.3) is 0 Å². The number of benzene rings is 2. The molecule has 2 aromatic carbocycles. The number of hydrogen-bond acceptors (Lipinski definition) is 9. The second-order valence-electron chi connectivity index (χ2n) is 9.29. The molecule has 0 spiro atoms. The van der Waals surface area contributed by atoms with Crippen LogP contribution in [0.2, 0.25) is 0 Å². The highest BCUT2D eigenvalue weighted by Gasteiger charge is 2.57. The van der Waals surface area contributed by atoms with E-state index in [0.717, 1.165) is 25.1 Å². The zero-order chi connectivity index (χ0) is 28.0. The number of ether oxygens (including phenoxy) is 4. The minimum absolute atomic E-state index is 0. The predicted octanol–water partition coefficient (Wildman–Crippen LogP) is 3.87. The Bertz CT molecular complexity index is 1280. The lowest BCUT2D eigenvalue weighted by Gasteiger charge is -2.37. The van der Waals surface area contributed by atoms with Gasteiger partial charge < -0.3 is 23.8 Å². The number of methoxy groups -OCH3 is 4. The Balaban J connectivity index is 0.00000533. The van der Waals surface area contributed by atoms with Crippen LogP contribution < -0.4 is 18.9 Å². The fourth-order valence-corrected chi connectivity index (χ4v) is 11.0. The van der Waals surface area contributed by atoms with Crippen LogP contribution in [0.15, 0.2) is 36.4 Å². The molecule has 0 amide bonds. The number of likely N-dealkylation sites (N-methyl/N-ethyl adjacent to an activating group) is 1. The second kappa shape index (κ2) is 13.9. The maximum absolute atomic E-state index is 13.6. The number of sulfone groups is 2. The third-order valence-electron chi connectivity index (χ3n) is 7.25. The molecule has 12 heteroatoms. The number of rotatable bonds is 13. The molecule has 2 aromatic rings. The van der Waals surface area contributed by atoms with Gasteiger partial charge >= 0.3 is 0 Å². The molecular weight excluding hydrogens is 566 g/mol. The fourth-order valence-electron chi connectivity index (χ4n) is 5.14. The van der Waals surface area contributed by atoms with Crippen molar-refractivity contribution in [2.45, 2.75) is 36.7 Å². The maximum atomic E-state index is 13.6. The van der Waals surface area contributed by atoms with Crippen LogP contribution in [-0.4, -0.2) is 81.3 Å². The van der Waals surface area contributed by atoms with E-state index in [0.29, 0.717) is 36.0 Å². The van der Waals surface area contributed by atoms with Gasteiger partial charge in [0, 0.05) is 6.54 Å². The minimum Gasteiger partial charge on any atom is -0.493 e. The van der Waals surface area contributed by atoms with E-state index in [2.05, 4.69) is 4.90 Å². The van der Waals surface area contributed by atoms with E-state index in [1.807, 2.05) is 25.1 Å². The SMILES string of the molecule is CCN(CCCC1(c2ccc(OC)c(OC)c2)S(=O)(=O)CCCS1(=O)=O)CCc1ccc(OC)c(OC)c1.Cl. The van der Waals surface area contributed by atoms with E-state index in [1.54, 1.807) is 20.3 Å². The first kappa shape index (κ1) is 33.0. The highest BCUT2D eigenvalue weighted by Crippen LogP contribution is 2.47. The molecule has 0 unspecified atom stereocenters. The van der Waals surface area contributed by atoms with Gasteiger partial charge in [0.25, 0.3) is 0 Å². The van der Waals surface area contributed by atoms with Gasteiger partial charge in [-0.2, -0.15) is 0 Å². The van der Waals surface area contributed by atoms with Gasteiger partial charge in [-0.1, -0.05) is 19.1 Å². The van der Waals surface area contributed by atoms with E-state index < -0.39 is 23.8 Å². The quantitative estimate of drug-likeness (QED) is 0.336. The van der Waals surface area contributed by atoms with E-state index in [1.165, 1.54) is 26.4 Å². The Morgan fingerprint density at radius 1 is 0.769 bits per heavy atom. The Morgan fingerprint density at radius 2 is 1.31 bits per heavy atom. The predicted molar refractivity (Wildman–Crippen MR) is 155 cm³/mol. The molecular formula is C27H40ClNO8S2. The summed E-state index contributed by atoms with van der Waals surface area (Å²) in [5.41, 5.74) is 1.29. The van der Waals surface area contributed by atoms with E-state index in [9.17, 15) is 16.8 Å². The van der Waals surface area contributed by atoms with Crippen molar-refractivity contribution < 1.29 is 35.8 Å². The molecule has 0 saturated carbocycles. The molecule has 1 fully saturated rings. The average molecular weight is 606 g/mol. The highest BCUT2D eigenvalue weighted by atomic mass is 35.5. The van der Waals surface area contributed by atoms with Crippen LogP contribution in [0, 0.1) is 0 Å². The summed E-state index contributed by atoms with van der Waals surface area (Å²) in [6.07, 6.45) is 1.23. The lowest BCUT2D eigenvalue weighted by atomic mass is 10.1. The van der Waals surface area contributed by atoms with Gasteiger partial charge in [0.1, 0.15) is 0 Å². The summed E-state index contributed by atoms with van der Waals surface area (Å²) in [5, 5.41) is 0. The molecule has 0 N–H and O–H groups in total. The van der Waals surface area contributed by atoms with Gasteiger partial charge in [-0.05, 0) is 74.2 Å². The topological polar surface area (TPSA) is 108 Å². The summed E-state index contributed by atoms with van der Waals surface area (Å²) in [5.74, 6) is 1.70. The third-order valence-corrected chi connectivity index (χ3v) is 13.3. The lowest BCUT2D eigenvalue weighted by Crippen LogP contribution is -2.50. The molecule has 1 aliphatic heterocycles. The van der Waals surface area contributed by atoms with Crippen LogP contribution in [0.3, 0.4) is 0 Å². The first-order chi connectivity index (χ1) is 18.1. The first-order valence-corrected chi connectivity index (χ1v) is 16.0. The van der Waals surface area contributed by atoms with Gasteiger partial charge in [0.15, 0.2) is 46.8 Å². The molecule has 0 aromatic heterocycles. The minimum atomic E-state index is -3.99. The van der Waals surface area contributed by atoms with Gasteiger partial charge in [0.05, 0.1) is 39.9 Å². The van der Waals surface area contributed by atoms with Crippen LogP contribution in [0.4, 0.5) is 0 Å². The van der Waals surface area contributed by atoms with Crippen molar-refractivity contribution in [3.8, 4) is 23.0 Å². The molecule has 9 nitrogen and oxygen atoms in total. The van der Waals surface area contributed by atoms with Gasteiger partial charge in [-0.15, -0.1) is 12.4 Å². The van der Waals surface area contributed by atoms with Crippen molar-refractivity contribution in [2.24, 2.45) is 0 Å². The van der Waals surface area contributed by atoms with Crippen LogP contribution in [0.5, 0.6) is 23.0 Å². The molecule has 3 rings (SSSR count). The Labute approximate surface area is 239 Å². The fraction of sp³-hybridized carbons (Fsp3) is 0.556. The van der Waals surface area contributed by atoms with E-state index in [4.69, 9.17) is 18.9 Å². The normalized spacial score (nSPS) is 17.2. The van der Waals surface area contributed by atoms with Crippen molar-refractivity contribution >= 4 is 32.1 Å². The molecule has 0 aliphatic carbocycles. The Morgan fingerprint density at radius 3 is 1.85 bits per heavy atom. The van der Waals surface area contributed by atoms with Gasteiger partial charge in [-0.3, -0.25) is 0 Å². The summed E-state index contributed by atoms with van der Waals surface area (Å²) < 4.78 is 73.6. The van der Waals surface area contributed by atoms with Gasteiger partial charge in [-0.25, -0.2) is 16.8 Å². The molecule has 0 bridgehead atoms. The Hall–Kier alpha value is -2.21. The summed E-state index contributed by atoms with van der Waals surface area (Å²) in [6, 6.07) is 10.4. The third kappa shape index (κ3) is 6.75. The summed E-state index contributed by atoms with van der Waals surface area (Å²) >= 11 is 0. The highest BCUT2D eigenvalue weighted by molar-refractivity contribution is 8.10. The molecule has 0 radical (unpaired) electrons. The summed E-state index contributed by atoms with van der Waals surface area (Å²) in [6.45, 7) is 4.07. The van der Waals surface area contributed by atoms with Crippen molar-refractivity contribution in [1.82, 2.24) is 4.90 Å². The number of hydrogen-bond donors (Lipinski definition) is 0. The Kier molecular flexibility index (Phi) is 11.8. The molecule has 1 heterocycles. The van der Waals surface area contributed by atoms with Crippen molar-refractivity contribution in [3.63, 3.8) is 0 Å². The molecule has 0 atom stereocenters.